The average molecular weight is 1410 g/mol. The van der Waals surface area contributed by atoms with E-state index in [1.54, 1.807) is 0 Å². The number of nitrogens with one attached hydrogen (secondary N) is 2. The van der Waals surface area contributed by atoms with E-state index in [2.05, 4.69) is 9.97 Å². The van der Waals surface area contributed by atoms with E-state index >= 15 is 0 Å². The van der Waals surface area contributed by atoms with E-state index in [9.17, 15) is 0 Å². The third-order valence-electron chi connectivity index (χ3n) is 12.6. The Bertz CT molecular complexity index is 3480. The molecule has 0 radical (unpaired) electrons. The molecule has 0 aliphatic carbocycles. The van der Waals surface area contributed by atoms with Crippen LogP contribution in [-0.2, 0) is 0 Å². The van der Waals surface area contributed by atoms with Gasteiger partial charge in [-0.1, -0.05) is 186 Å². The number of benzene rings is 4. The first kappa shape index (κ1) is 61.1. The van der Waals surface area contributed by atoms with E-state index in [0.717, 1.165) is 0 Å². The van der Waals surface area contributed by atoms with Crippen molar-refractivity contribution in [3.8, 4) is 90.5 Å². The fourth-order valence-corrected chi connectivity index (χ4v) is 13.7. The summed E-state index contributed by atoms with van der Waals surface area (Å²) >= 11 is 116. The predicted octanol–water partition coefficient (Wildman–Crippen LogP) is 21.5. The summed E-state index contributed by atoms with van der Waals surface area (Å²) in [6.45, 7) is 0. The first-order valence-electron chi connectivity index (χ1n) is 22.1. The van der Waals surface area contributed by atoms with E-state index < -0.39 is 0 Å². The van der Waals surface area contributed by atoms with E-state index in [1.165, 1.54) is 81.1 Å². The first-order chi connectivity index (χ1) is 38.0. The van der Waals surface area contributed by atoms with Crippen molar-refractivity contribution in [2.45, 2.75) is 0 Å². The highest BCUT2D eigenvalue weighted by molar-refractivity contribution is 6.68. The normalized spacial score (nSPS) is 12.4. The fraction of sp³-hybridized carbons (Fsp3) is 0.154. The van der Waals surface area contributed by atoms with Crippen molar-refractivity contribution in [3.63, 3.8) is 0 Å². The molecule has 8 bridgehead atoms. The number of methoxy groups -OCH3 is 8. The number of fused-ring (bicyclic) bond motifs is 8. The number of nitrogens with zero attached hydrogens (tertiary/aromatic N) is 2. The summed E-state index contributed by atoms with van der Waals surface area (Å²) in [4.78, 5) is 17.2. The van der Waals surface area contributed by atoms with Gasteiger partial charge in [0.15, 0.2) is 0 Å². The minimum absolute atomic E-state index is 0.00175. The molecule has 0 saturated carbocycles. The first-order valence-corrected chi connectivity index (χ1v) is 28.2. The van der Waals surface area contributed by atoms with Crippen molar-refractivity contribution in [3.05, 3.63) is 107 Å². The molecule has 3 aromatic heterocycles. The van der Waals surface area contributed by atoms with Gasteiger partial charge in [0.05, 0.1) is 204 Å². The van der Waals surface area contributed by atoms with Gasteiger partial charge in [-0.15, -0.1) is 0 Å². The summed E-state index contributed by atoms with van der Waals surface area (Å²) in [5.74, 6) is -0.135. The average Bonchev–Trinajstić information content (AvgIpc) is 4.10. The van der Waals surface area contributed by atoms with E-state index in [-0.39, 0.29) is 216 Å². The van der Waals surface area contributed by atoms with Crippen LogP contribution < -0.4 is 37.9 Å². The van der Waals surface area contributed by atoms with Crippen LogP contribution in [0.15, 0.2) is 24.3 Å². The third-order valence-corrected chi connectivity index (χ3v) is 18.2. The third kappa shape index (κ3) is 9.63. The monoisotopic (exact) mass is 1400 g/mol. The van der Waals surface area contributed by atoms with Crippen molar-refractivity contribution >= 4 is 228 Å². The number of rotatable bonds is 12. The molecule has 4 aromatic carbocycles. The number of hydrogen-bond donors (Lipinski definition) is 2. The highest BCUT2D eigenvalue weighted by Gasteiger charge is 2.38. The Morgan fingerprint density at radius 3 is 0.537 bits per heavy atom. The zero-order valence-corrected chi connectivity index (χ0v) is 53.6. The van der Waals surface area contributed by atoms with Gasteiger partial charge < -0.3 is 47.9 Å². The summed E-state index contributed by atoms with van der Waals surface area (Å²) in [5, 5.41) is -1.77. The lowest BCUT2D eigenvalue weighted by Crippen LogP contribution is -2.00. The lowest BCUT2D eigenvalue weighted by Gasteiger charge is -2.18. The Hall–Kier alpha value is -3.48. The fourth-order valence-electron chi connectivity index (χ4n) is 9.38. The van der Waals surface area contributed by atoms with Gasteiger partial charge in [-0.05, 0) is 24.3 Å². The summed E-state index contributed by atoms with van der Waals surface area (Å²) in [6, 6.07) is 5.61. The molecule has 2 aliphatic heterocycles. The SMILES string of the molecule is COc1c(Cl)cc(Cl)c(OC)c1-c1c2nc(c(-c3c(OC)c(Cl)cc(Cl)c3OC)c3[nH]c(c(Cl)c3Cl)c(-c3c(OC)c(Cl)cc(Cl)c3OC)c3nc(c(-c4c(OC)c(Cl)cc(Cl)c4OC)c4[nH]c1c(Cl)c4Cl)C(Cl)=C3Cl)C(Cl)=C2Cl. The lowest BCUT2D eigenvalue weighted by molar-refractivity contribution is 0.397. The smallest absolute Gasteiger partial charge is 0.149 e. The minimum Gasteiger partial charge on any atom is -0.494 e. The van der Waals surface area contributed by atoms with Crippen LogP contribution in [0.3, 0.4) is 0 Å². The van der Waals surface area contributed by atoms with Crippen LogP contribution in [0.5, 0.6) is 46.0 Å². The summed E-state index contributed by atoms with van der Waals surface area (Å²) in [6.07, 6.45) is 0. The molecule has 7 aromatic rings. The van der Waals surface area contributed by atoms with Crippen LogP contribution >= 0.6 is 186 Å². The van der Waals surface area contributed by atoms with Crippen molar-refractivity contribution in [1.82, 2.24) is 19.9 Å². The summed E-state index contributed by atoms with van der Waals surface area (Å²) in [7, 11) is 10.8. The second kappa shape index (κ2) is 23.9. The minimum atomic E-state index is -0.233. The van der Waals surface area contributed by atoms with Crippen LogP contribution in [0.25, 0.3) is 86.7 Å². The molecule has 28 heteroatoms. The Balaban J connectivity index is 1.78. The standard InChI is InChI=1S/C52H30Cl16N4O8/c1-73-45-13(53)9-14(54)46(74-2)25(45)21-37-29(61)31(63)39(69-37)22(26-47(75-3)15(55)10-16(56)48(26)76-4)41-33(65)35(67)43(71-41)24(28-51(79-7)19(59)12-20(60)52(28)80-8)44-36(68)34(66)42(72-44)23(40-32(64)30(62)38(21)70-40)27-49(77-5)17(57)11-18(58)50(27)78-6/h9-12,69,72H,1-8H3. The maximum Gasteiger partial charge on any atom is 0.149 e. The Kier molecular flexibility index (Phi) is 18.2. The van der Waals surface area contributed by atoms with Crippen LogP contribution in [0, 0.1) is 0 Å². The molecule has 418 valence electrons. The molecule has 0 amide bonds. The number of halogens is 16. The second-order valence-corrected chi connectivity index (χ2v) is 22.8. The van der Waals surface area contributed by atoms with E-state index in [0.29, 0.717) is 0 Å². The molecule has 0 atom stereocenters. The van der Waals surface area contributed by atoms with Gasteiger partial charge in [0.1, 0.15) is 46.0 Å². The van der Waals surface area contributed by atoms with Crippen molar-refractivity contribution in [2.75, 3.05) is 56.9 Å². The molecular weight excluding hydrogens is 1380 g/mol. The van der Waals surface area contributed by atoms with E-state index in [4.69, 9.17) is 233 Å². The molecule has 80 heavy (non-hydrogen) atoms. The molecule has 2 N–H and O–H groups in total. The van der Waals surface area contributed by atoms with Gasteiger partial charge in [-0.25, -0.2) is 9.97 Å². The number of aromatic nitrogens is 4. The number of ether oxygens (including phenoxy) is 8. The molecule has 12 nitrogen and oxygen atoms in total. The van der Waals surface area contributed by atoms with Crippen LogP contribution in [0.2, 0.25) is 60.3 Å². The molecule has 0 spiro atoms. The second-order valence-electron chi connectivity index (χ2n) is 16.5. The Labute approximate surface area is 535 Å². The Morgan fingerprint density at radius 1 is 0.250 bits per heavy atom. The van der Waals surface area contributed by atoms with Crippen LogP contribution in [0.4, 0.5) is 0 Å². The maximum atomic E-state index is 7.58. The van der Waals surface area contributed by atoms with E-state index in [1.807, 2.05) is 0 Å². The maximum absolute atomic E-state index is 7.58. The molecule has 0 saturated heterocycles. The van der Waals surface area contributed by atoms with Gasteiger partial charge in [-0.2, -0.15) is 0 Å². The number of aromatic amines is 2. The van der Waals surface area contributed by atoms with Crippen molar-refractivity contribution < 1.29 is 37.9 Å². The highest BCUT2D eigenvalue weighted by atomic mass is 35.5. The molecule has 9 rings (SSSR count). The summed E-state index contributed by atoms with van der Waals surface area (Å²) in [5.41, 5.74) is -0.912. The number of hydrogen-bond acceptors (Lipinski definition) is 10. The lowest BCUT2D eigenvalue weighted by atomic mass is 10.0. The van der Waals surface area contributed by atoms with Crippen LogP contribution in [0.1, 0.15) is 22.8 Å². The molecule has 0 unspecified atom stereocenters. The van der Waals surface area contributed by atoms with Gasteiger partial charge >= 0.3 is 0 Å². The quantitative estimate of drug-likeness (QED) is 0.122. The van der Waals surface area contributed by atoms with Gasteiger partial charge in [0.2, 0.25) is 0 Å². The van der Waals surface area contributed by atoms with Crippen molar-refractivity contribution in [1.29, 1.82) is 0 Å². The van der Waals surface area contributed by atoms with Crippen molar-refractivity contribution in [2.24, 2.45) is 0 Å². The Morgan fingerprint density at radius 2 is 0.400 bits per heavy atom. The molecule has 2 aliphatic rings. The zero-order chi connectivity index (χ0) is 58.4. The highest BCUT2D eigenvalue weighted by Crippen LogP contribution is 2.61. The molecular formula is C52H30Cl16N4O8. The molecule has 0 fully saturated rings. The zero-order valence-electron chi connectivity index (χ0n) is 41.5. The van der Waals surface area contributed by atoms with Gasteiger partial charge in [-0.3, -0.25) is 0 Å². The largest absolute Gasteiger partial charge is 0.494 e. The predicted molar refractivity (Wildman–Crippen MR) is 332 cm³/mol. The van der Waals surface area contributed by atoms with Gasteiger partial charge in [0.25, 0.3) is 0 Å². The summed E-state index contributed by atoms with van der Waals surface area (Å²) < 4.78 is 48.1. The molecule has 5 heterocycles. The number of H-pyrrole nitrogens is 2. The topological polar surface area (TPSA) is 131 Å². The van der Waals surface area contributed by atoms with Gasteiger partial charge in [0, 0.05) is 22.3 Å². The van der Waals surface area contributed by atoms with Crippen LogP contribution in [-0.4, -0.2) is 76.8 Å².